The van der Waals surface area contributed by atoms with E-state index in [0.717, 1.165) is 18.3 Å². The van der Waals surface area contributed by atoms with E-state index >= 15 is 0 Å². The maximum Gasteiger partial charge on any atom is 0.0396 e. The first-order chi connectivity index (χ1) is 9.13. The van der Waals surface area contributed by atoms with Crippen LogP contribution in [-0.4, -0.2) is 19.1 Å². The van der Waals surface area contributed by atoms with Crippen LogP contribution in [0.5, 0.6) is 0 Å². The van der Waals surface area contributed by atoms with E-state index in [1.54, 1.807) is 0 Å². The molecule has 3 atom stereocenters. The number of rotatable bonds is 3. The molecule has 2 N–H and O–H groups in total. The first kappa shape index (κ1) is 13.0. The molecule has 2 aliphatic rings. The average Bonchev–Trinajstić information content (AvgIpc) is 2.88. The lowest BCUT2D eigenvalue weighted by Gasteiger charge is -2.22. The molecule has 1 aliphatic carbocycles. The summed E-state index contributed by atoms with van der Waals surface area (Å²) in [6, 6.07) is 7.15. The number of nitrogens with zero attached hydrogens (tertiary/aromatic N) is 1. The highest BCUT2D eigenvalue weighted by atomic mass is 15.2. The molecule has 19 heavy (non-hydrogen) atoms. The molecule has 0 bridgehead atoms. The van der Waals surface area contributed by atoms with Gasteiger partial charge in [0.15, 0.2) is 0 Å². The lowest BCUT2D eigenvalue weighted by atomic mass is 10.0. The minimum Gasteiger partial charge on any atom is -0.371 e. The Hall–Kier alpha value is -1.02. The molecule has 2 fully saturated rings. The molecule has 1 saturated heterocycles. The van der Waals surface area contributed by atoms with Gasteiger partial charge in [-0.1, -0.05) is 18.6 Å². The Balaban J connectivity index is 1.75. The third kappa shape index (κ3) is 2.64. The molecule has 1 aliphatic heterocycles. The second-order valence-corrected chi connectivity index (χ2v) is 6.66. The van der Waals surface area contributed by atoms with Crippen LogP contribution in [0.2, 0.25) is 0 Å². The van der Waals surface area contributed by atoms with E-state index in [0.29, 0.717) is 0 Å². The summed E-state index contributed by atoms with van der Waals surface area (Å²) in [6.07, 6.45) is 5.33. The summed E-state index contributed by atoms with van der Waals surface area (Å²) < 4.78 is 0. The third-order valence-electron chi connectivity index (χ3n) is 4.89. The molecule has 1 aromatic rings. The zero-order valence-corrected chi connectivity index (χ0v) is 12.2. The summed E-state index contributed by atoms with van der Waals surface area (Å²) in [5.41, 5.74) is 10.1. The number of fused-ring (bicyclic) bond motifs is 1. The molecule has 0 spiro atoms. The lowest BCUT2D eigenvalue weighted by molar-refractivity contribution is 0.494. The summed E-state index contributed by atoms with van der Waals surface area (Å²) in [4.78, 5) is 2.61. The highest BCUT2D eigenvalue weighted by Gasteiger charge is 2.36. The van der Waals surface area contributed by atoms with Gasteiger partial charge in [0.1, 0.15) is 0 Å². The van der Waals surface area contributed by atoms with Crippen LogP contribution in [0.25, 0.3) is 0 Å². The summed E-state index contributed by atoms with van der Waals surface area (Å²) in [5.74, 6) is 1.92. The Morgan fingerprint density at radius 2 is 1.95 bits per heavy atom. The molecule has 3 rings (SSSR count). The molecule has 1 aromatic carbocycles. The fraction of sp³-hybridized carbons (Fsp3) is 0.647. The Labute approximate surface area is 117 Å². The van der Waals surface area contributed by atoms with E-state index < -0.39 is 0 Å². The number of hydrogen-bond acceptors (Lipinski definition) is 2. The first-order valence-electron chi connectivity index (χ1n) is 7.73. The van der Waals surface area contributed by atoms with Gasteiger partial charge in [-0.2, -0.15) is 0 Å². The molecule has 2 heteroatoms. The molecule has 0 amide bonds. The Kier molecular flexibility index (Phi) is 3.53. The van der Waals surface area contributed by atoms with Gasteiger partial charge in [0.05, 0.1) is 0 Å². The van der Waals surface area contributed by atoms with Crippen LogP contribution in [0, 0.1) is 18.8 Å². The van der Waals surface area contributed by atoms with Crippen molar-refractivity contribution in [1.29, 1.82) is 0 Å². The van der Waals surface area contributed by atoms with Crippen molar-refractivity contribution in [3.8, 4) is 0 Å². The third-order valence-corrected chi connectivity index (χ3v) is 4.89. The number of hydrogen-bond donors (Lipinski definition) is 1. The molecule has 0 aromatic heterocycles. The molecular formula is C17H26N2. The Bertz CT molecular complexity index is 441. The van der Waals surface area contributed by atoms with Gasteiger partial charge < -0.3 is 10.6 Å². The summed E-state index contributed by atoms with van der Waals surface area (Å²) >= 11 is 0. The second-order valence-electron chi connectivity index (χ2n) is 6.66. The molecular weight excluding hydrogens is 232 g/mol. The van der Waals surface area contributed by atoms with Crippen molar-refractivity contribution >= 4 is 5.69 Å². The van der Waals surface area contributed by atoms with Gasteiger partial charge in [0.25, 0.3) is 0 Å². The van der Waals surface area contributed by atoms with Crippen molar-refractivity contribution in [2.24, 2.45) is 17.6 Å². The van der Waals surface area contributed by atoms with Gasteiger partial charge >= 0.3 is 0 Å². The second kappa shape index (κ2) is 5.16. The van der Waals surface area contributed by atoms with Crippen molar-refractivity contribution in [2.75, 3.05) is 18.0 Å². The molecule has 3 unspecified atom stereocenters. The maximum atomic E-state index is 5.89. The molecule has 2 nitrogen and oxygen atoms in total. The highest BCUT2D eigenvalue weighted by molar-refractivity contribution is 5.55. The summed E-state index contributed by atoms with van der Waals surface area (Å²) in [5, 5.41) is 0. The van der Waals surface area contributed by atoms with E-state index in [1.807, 2.05) is 0 Å². The first-order valence-corrected chi connectivity index (χ1v) is 7.73. The van der Waals surface area contributed by atoms with Gasteiger partial charge in [-0.05, 0) is 62.1 Å². The monoisotopic (exact) mass is 258 g/mol. The zero-order valence-electron chi connectivity index (χ0n) is 12.2. The minimum atomic E-state index is 0.247. The van der Waals surface area contributed by atoms with Crippen LogP contribution in [0.3, 0.4) is 0 Å². The fourth-order valence-electron chi connectivity index (χ4n) is 4.00. The maximum absolute atomic E-state index is 5.89. The van der Waals surface area contributed by atoms with Crippen LogP contribution >= 0.6 is 0 Å². The number of nitrogens with two attached hydrogens (primary N) is 1. The lowest BCUT2D eigenvalue weighted by Crippen LogP contribution is -2.22. The highest BCUT2D eigenvalue weighted by Crippen LogP contribution is 2.40. The molecule has 1 heterocycles. The van der Waals surface area contributed by atoms with Gasteiger partial charge in [-0.25, -0.2) is 0 Å². The Morgan fingerprint density at radius 1 is 1.26 bits per heavy atom. The molecule has 1 saturated carbocycles. The molecule has 0 radical (unpaired) electrons. The van der Waals surface area contributed by atoms with Crippen LogP contribution in [-0.2, 0) is 6.42 Å². The topological polar surface area (TPSA) is 29.3 Å². The van der Waals surface area contributed by atoms with Gasteiger partial charge in [0.2, 0.25) is 0 Å². The summed E-state index contributed by atoms with van der Waals surface area (Å²) in [7, 11) is 0. The van der Waals surface area contributed by atoms with Crippen molar-refractivity contribution in [3.63, 3.8) is 0 Å². The Morgan fingerprint density at radius 3 is 2.53 bits per heavy atom. The standard InChI is InChI=1S/C17H26N2/c1-12-8-14(9-13(2)18)6-7-17(12)19-10-15-4-3-5-16(15)11-19/h6-8,13,15-16H,3-5,9-11,18H2,1-2H3. The molecule has 104 valence electrons. The van der Waals surface area contributed by atoms with Gasteiger partial charge in [-0.15, -0.1) is 0 Å². The van der Waals surface area contributed by atoms with Crippen LogP contribution in [0.1, 0.15) is 37.3 Å². The van der Waals surface area contributed by atoms with Gasteiger partial charge in [-0.3, -0.25) is 0 Å². The number of benzene rings is 1. The van der Waals surface area contributed by atoms with Crippen LogP contribution in [0.15, 0.2) is 18.2 Å². The fourth-order valence-corrected chi connectivity index (χ4v) is 4.00. The quantitative estimate of drug-likeness (QED) is 0.902. The predicted molar refractivity (Wildman–Crippen MR) is 81.6 cm³/mol. The van der Waals surface area contributed by atoms with E-state index in [1.165, 1.54) is 49.2 Å². The van der Waals surface area contributed by atoms with Crippen molar-refractivity contribution < 1.29 is 0 Å². The average molecular weight is 258 g/mol. The minimum absolute atomic E-state index is 0.247. The van der Waals surface area contributed by atoms with E-state index in [4.69, 9.17) is 5.73 Å². The normalized spacial score (nSPS) is 27.6. The SMILES string of the molecule is Cc1cc(CC(C)N)ccc1N1CC2CCCC2C1. The van der Waals surface area contributed by atoms with E-state index in [9.17, 15) is 0 Å². The predicted octanol–water partition coefficient (Wildman–Crippen LogP) is 3.12. The number of anilines is 1. The van der Waals surface area contributed by atoms with Crippen LogP contribution < -0.4 is 10.6 Å². The largest absolute Gasteiger partial charge is 0.371 e. The van der Waals surface area contributed by atoms with E-state index in [-0.39, 0.29) is 6.04 Å². The summed E-state index contributed by atoms with van der Waals surface area (Å²) in [6.45, 7) is 6.87. The van der Waals surface area contributed by atoms with Gasteiger partial charge in [0, 0.05) is 24.8 Å². The van der Waals surface area contributed by atoms with Crippen molar-refractivity contribution in [1.82, 2.24) is 0 Å². The van der Waals surface area contributed by atoms with E-state index in [2.05, 4.69) is 36.9 Å². The number of aryl methyl sites for hydroxylation is 1. The smallest absolute Gasteiger partial charge is 0.0396 e. The van der Waals surface area contributed by atoms with Crippen LogP contribution in [0.4, 0.5) is 5.69 Å². The van der Waals surface area contributed by atoms with Crippen molar-refractivity contribution in [3.05, 3.63) is 29.3 Å². The zero-order chi connectivity index (χ0) is 13.4. The van der Waals surface area contributed by atoms with Crippen molar-refractivity contribution in [2.45, 2.75) is 45.6 Å².